The zero-order chi connectivity index (χ0) is 16.9. The number of aliphatic hydroxyl groups is 1. The molecule has 128 valence electrons. The normalized spacial score (nSPS) is 32.9. The molecule has 2 saturated carbocycles. The molecule has 2 aliphatic rings. The minimum atomic E-state index is -0.847. The molecule has 0 saturated heterocycles. The van der Waals surface area contributed by atoms with Crippen LogP contribution in [0.4, 0.5) is 0 Å². The molecule has 4 atom stereocenters. The third kappa shape index (κ3) is 2.55. The van der Waals surface area contributed by atoms with Crippen molar-refractivity contribution in [2.75, 3.05) is 0 Å². The average Bonchev–Trinajstić information content (AvgIpc) is 3.13. The van der Waals surface area contributed by atoms with Crippen LogP contribution >= 0.6 is 0 Å². The molecule has 0 spiro atoms. The first-order chi connectivity index (χ1) is 11.4. The van der Waals surface area contributed by atoms with E-state index in [2.05, 4.69) is 36.1 Å². The lowest BCUT2D eigenvalue weighted by Crippen LogP contribution is -2.43. The second-order valence-corrected chi connectivity index (χ2v) is 8.67. The monoisotopic (exact) mass is 326 g/mol. The molecule has 2 heterocycles. The number of pyridine rings is 1. The molecule has 1 N–H and O–H groups in total. The van der Waals surface area contributed by atoms with Gasteiger partial charge in [0.2, 0.25) is 0 Å². The van der Waals surface area contributed by atoms with E-state index in [0.29, 0.717) is 28.9 Å². The first kappa shape index (κ1) is 15.8. The van der Waals surface area contributed by atoms with Crippen LogP contribution in [0.15, 0.2) is 30.6 Å². The van der Waals surface area contributed by atoms with Crippen molar-refractivity contribution in [2.45, 2.75) is 52.1 Å². The molecule has 0 aliphatic heterocycles. The van der Waals surface area contributed by atoms with E-state index in [1.54, 1.807) is 10.9 Å². The largest absolute Gasteiger partial charge is 0.383 e. The van der Waals surface area contributed by atoms with Crippen LogP contribution in [0.2, 0.25) is 0 Å². The Morgan fingerprint density at radius 1 is 1.17 bits per heavy atom. The summed E-state index contributed by atoms with van der Waals surface area (Å²) in [5, 5.41) is 19.8. The third-order valence-electron chi connectivity index (χ3n) is 5.98. The maximum absolute atomic E-state index is 11.3. The molecule has 5 heteroatoms. The van der Waals surface area contributed by atoms with E-state index in [1.807, 2.05) is 24.4 Å². The van der Waals surface area contributed by atoms with E-state index in [-0.39, 0.29) is 0 Å². The van der Waals surface area contributed by atoms with Gasteiger partial charge in [0, 0.05) is 6.20 Å². The Labute approximate surface area is 143 Å². The molecule has 2 aromatic heterocycles. The molecule has 0 radical (unpaired) electrons. The summed E-state index contributed by atoms with van der Waals surface area (Å²) in [6.07, 6.45) is 7.63. The molecule has 2 fully saturated rings. The highest BCUT2D eigenvalue weighted by Crippen LogP contribution is 2.58. The van der Waals surface area contributed by atoms with Gasteiger partial charge in [-0.05, 0) is 61.0 Å². The van der Waals surface area contributed by atoms with E-state index in [1.165, 1.54) is 12.8 Å². The van der Waals surface area contributed by atoms with Gasteiger partial charge < -0.3 is 5.11 Å². The molecule has 2 aromatic rings. The van der Waals surface area contributed by atoms with Crippen LogP contribution in [-0.2, 0) is 5.60 Å². The SMILES string of the molecule is CC(C)(C)C1C2CC[C@@H]1CC(O)(c1cn(-c3ccccn3)nn1)C2. The highest BCUT2D eigenvalue weighted by atomic mass is 16.3. The van der Waals surface area contributed by atoms with Crippen molar-refractivity contribution >= 4 is 0 Å². The second kappa shape index (κ2) is 5.38. The van der Waals surface area contributed by atoms with Gasteiger partial charge in [0.05, 0.1) is 6.20 Å². The van der Waals surface area contributed by atoms with Crippen molar-refractivity contribution in [1.29, 1.82) is 0 Å². The first-order valence-corrected chi connectivity index (χ1v) is 8.93. The van der Waals surface area contributed by atoms with Gasteiger partial charge in [0.25, 0.3) is 0 Å². The molecule has 0 aromatic carbocycles. The zero-order valence-corrected chi connectivity index (χ0v) is 14.7. The van der Waals surface area contributed by atoms with Crippen molar-refractivity contribution in [1.82, 2.24) is 20.0 Å². The lowest BCUT2D eigenvalue weighted by molar-refractivity contribution is -0.0714. The highest BCUT2D eigenvalue weighted by molar-refractivity contribution is 5.22. The van der Waals surface area contributed by atoms with Crippen LogP contribution in [0.25, 0.3) is 5.82 Å². The molecule has 0 amide bonds. The van der Waals surface area contributed by atoms with Gasteiger partial charge >= 0.3 is 0 Å². The summed E-state index contributed by atoms with van der Waals surface area (Å²) < 4.78 is 1.66. The van der Waals surface area contributed by atoms with Gasteiger partial charge in [-0.1, -0.05) is 32.1 Å². The van der Waals surface area contributed by atoms with Crippen LogP contribution < -0.4 is 0 Å². The third-order valence-corrected chi connectivity index (χ3v) is 5.98. The summed E-state index contributed by atoms with van der Waals surface area (Å²) in [4.78, 5) is 4.30. The van der Waals surface area contributed by atoms with Crippen molar-refractivity contribution in [3.63, 3.8) is 0 Å². The van der Waals surface area contributed by atoms with Crippen molar-refractivity contribution in [3.05, 3.63) is 36.3 Å². The highest BCUT2D eigenvalue weighted by Gasteiger charge is 2.53. The minimum Gasteiger partial charge on any atom is -0.383 e. The van der Waals surface area contributed by atoms with Crippen molar-refractivity contribution in [3.8, 4) is 5.82 Å². The van der Waals surface area contributed by atoms with E-state index < -0.39 is 5.60 Å². The molecule has 24 heavy (non-hydrogen) atoms. The maximum atomic E-state index is 11.3. The van der Waals surface area contributed by atoms with Gasteiger partial charge in [-0.25, -0.2) is 9.67 Å². The van der Waals surface area contributed by atoms with Crippen molar-refractivity contribution in [2.24, 2.45) is 23.2 Å². The lowest BCUT2D eigenvalue weighted by Gasteiger charge is -2.45. The Hall–Kier alpha value is -1.75. The summed E-state index contributed by atoms with van der Waals surface area (Å²) in [7, 11) is 0. The molecule has 4 rings (SSSR count). The Bertz CT molecular complexity index is 704. The summed E-state index contributed by atoms with van der Waals surface area (Å²) >= 11 is 0. The van der Waals surface area contributed by atoms with Gasteiger partial charge in [-0.15, -0.1) is 5.10 Å². The van der Waals surface area contributed by atoms with Gasteiger partial charge in [0.15, 0.2) is 5.82 Å². The fourth-order valence-electron chi connectivity index (χ4n) is 5.28. The van der Waals surface area contributed by atoms with Gasteiger partial charge in [0.1, 0.15) is 11.3 Å². The maximum Gasteiger partial charge on any atom is 0.155 e. The first-order valence-electron chi connectivity index (χ1n) is 8.93. The number of fused-ring (bicyclic) bond motifs is 2. The number of hydrogen-bond acceptors (Lipinski definition) is 4. The standard InChI is InChI=1S/C19H26N4O/c1-18(2,3)17-13-7-8-14(17)11-19(24,10-13)15-12-23(22-21-15)16-6-4-5-9-20-16/h4-6,9,12-14,17,24H,7-8,10-11H2,1-3H3/t13-,14?,17?,19?/m1/s1. The van der Waals surface area contributed by atoms with Crippen LogP contribution in [0.3, 0.4) is 0 Å². The van der Waals surface area contributed by atoms with E-state index in [9.17, 15) is 5.11 Å². The summed E-state index contributed by atoms with van der Waals surface area (Å²) in [5.74, 6) is 2.58. The van der Waals surface area contributed by atoms with Crippen molar-refractivity contribution < 1.29 is 5.11 Å². The minimum absolute atomic E-state index is 0.304. The number of rotatable bonds is 2. The van der Waals surface area contributed by atoms with Crippen LogP contribution in [0.1, 0.15) is 52.1 Å². The Morgan fingerprint density at radius 3 is 2.46 bits per heavy atom. The van der Waals surface area contributed by atoms with E-state index >= 15 is 0 Å². The van der Waals surface area contributed by atoms with Crippen LogP contribution in [0.5, 0.6) is 0 Å². The van der Waals surface area contributed by atoms with Crippen LogP contribution in [-0.4, -0.2) is 25.1 Å². The smallest absolute Gasteiger partial charge is 0.155 e. The number of aromatic nitrogens is 4. The van der Waals surface area contributed by atoms with E-state index in [4.69, 9.17) is 0 Å². The van der Waals surface area contributed by atoms with E-state index in [0.717, 1.165) is 18.7 Å². The molecular formula is C19H26N4O. The van der Waals surface area contributed by atoms with Crippen LogP contribution in [0, 0.1) is 23.2 Å². The lowest BCUT2D eigenvalue weighted by atomic mass is 9.61. The summed E-state index contributed by atoms with van der Waals surface area (Å²) in [6, 6.07) is 5.69. The fourth-order valence-corrected chi connectivity index (χ4v) is 5.28. The quantitative estimate of drug-likeness (QED) is 0.919. The molecular weight excluding hydrogens is 300 g/mol. The second-order valence-electron chi connectivity index (χ2n) is 8.67. The average molecular weight is 326 g/mol. The predicted octanol–water partition coefficient (Wildman–Crippen LogP) is 3.33. The van der Waals surface area contributed by atoms with Gasteiger partial charge in [-0.3, -0.25) is 0 Å². The fraction of sp³-hybridized carbons (Fsp3) is 0.632. The summed E-state index contributed by atoms with van der Waals surface area (Å²) in [5.41, 5.74) is 0.150. The number of nitrogens with zero attached hydrogens (tertiary/aromatic N) is 4. The topological polar surface area (TPSA) is 63.8 Å². The molecule has 3 unspecified atom stereocenters. The Balaban J connectivity index is 1.61. The molecule has 2 bridgehead atoms. The van der Waals surface area contributed by atoms with Gasteiger partial charge in [-0.2, -0.15) is 0 Å². The molecule has 2 aliphatic carbocycles. The zero-order valence-electron chi connectivity index (χ0n) is 14.7. The number of hydrogen-bond donors (Lipinski definition) is 1. The summed E-state index contributed by atoms with van der Waals surface area (Å²) in [6.45, 7) is 7.01. The Kier molecular flexibility index (Phi) is 3.53. The Morgan fingerprint density at radius 2 is 1.88 bits per heavy atom. The molecule has 5 nitrogen and oxygen atoms in total. The predicted molar refractivity (Wildman–Crippen MR) is 91.4 cm³/mol.